The van der Waals surface area contributed by atoms with Crippen molar-refractivity contribution < 1.29 is 32.6 Å². The first kappa shape index (κ1) is 36.0. The van der Waals surface area contributed by atoms with Crippen molar-refractivity contribution in [1.82, 2.24) is 24.8 Å². The number of rotatable bonds is 9. The number of urea groups is 1. The van der Waals surface area contributed by atoms with Crippen molar-refractivity contribution >= 4 is 44.7 Å². The number of aromatic nitrogens is 1. The second-order valence-corrected chi connectivity index (χ2v) is 17.7. The van der Waals surface area contributed by atoms with Gasteiger partial charge in [0.1, 0.15) is 23.0 Å². The molecule has 51 heavy (non-hydrogen) atoms. The number of amides is 3. The van der Waals surface area contributed by atoms with Crippen molar-refractivity contribution in [2.45, 2.75) is 106 Å². The number of carbonyl (C=O) groups excluding carboxylic acids is 2. The van der Waals surface area contributed by atoms with E-state index in [1.165, 1.54) is 0 Å². The molecule has 0 radical (unpaired) electrons. The van der Waals surface area contributed by atoms with Crippen LogP contribution in [0.2, 0.25) is 0 Å². The van der Waals surface area contributed by atoms with E-state index in [1.54, 1.807) is 35.3 Å². The van der Waals surface area contributed by atoms with Crippen LogP contribution in [0.25, 0.3) is 0 Å². The third kappa shape index (κ3) is 7.45. The number of nitrogens with one attached hydrogen (secondary N) is 2. The fourth-order valence-corrected chi connectivity index (χ4v) is 9.78. The van der Waals surface area contributed by atoms with Gasteiger partial charge in [0.15, 0.2) is 0 Å². The van der Waals surface area contributed by atoms with Crippen molar-refractivity contribution in [2.24, 2.45) is 10.9 Å². The molecule has 1 aromatic heterocycles. The van der Waals surface area contributed by atoms with Gasteiger partial charge in [0.2, 0.25) is 15.9 Å². The Morgan fingerprint density at radius 1 is 1.20 bits per heavy atom. The number of nitrogens with zero attached hydrogens (tertiary/aromatic N) is 4. The van der Waals surface area contributed by atoms with Crippen molar-refractivity contribution in [2.75, 3.05) is 27.2 Å². The number of aliphatic hydroxyl groups is 1. The minimum atomic E-state index is -3.73. The number of hydrogen-bond donors (Lipinski definition) is 3. The topological polar surface area (TPSA) is 163 Å². The summed E-state index contributed by atoms with van der Waals surface area (Å²) in [7, 11) is -0.372. The van der Waals surface area contributed by atoms with E-state index in [4.69, 9.17) is 19.5 Å². The minimum Gasteiger partial charge on any atom is -0.497 e. The molecule has 1 saturated heterocycles. The summed E-state index contributed by atoms with van der Waals surface area (Å²) in [6.07, 6.45) is 6.18. The molecule has 3 N–H and O–H groups in total. The summed E-state index contributed by atoms with van der Waals surface area (Å²) < 4.78 is 40.4. The molecule has 5 aliphatic rings. The lowest BCUT2D eigenvalue weighted by Crippen LogP contribution is -2.59. The van der Waals surface area contributed by atoms with Gasteiger partial charge >= 0.3 is 6.03 Å². The molecule has 7 rings (SSSR count). The number of fused-ring (bicyclic) bond motifs is 3. The summed E-state index contributed by atoms with van der Waals surface area (Å²) in [6, 6.07) is 4.55. The minimum absolute atomic E-state index is 0.192. The van der Waals surface area contributed by atoms with Gasteiger partial charge < -0.3 is 29.7 Å². The predicted octanol–water partition coefficient (Wildman–Crippen LogP) is 4.37. The number of aliphatic hydroxyl groups excluding tert-OH is 1. The normalized spacial score (nSPS) is 29.1. The van der Waals surface area contributed by atoms with Crippen LogP contribution in [-0.2, 0) is 19.6 Å². The largest absolute Gasteiger partial charge is 0.497 e. The van der Waals surface area contributed by atoms with E-state index in [2.05, 4.69) is 29.3 Å². The lowest BCUT2D eigenvalue weighted by Gasteiger charge is -2.32. The van der Waals surface area contributed by atoms with Gasteiger partial charge in [-0.05, 0) is 50.5 Å². The van der Waals surface area contributed by atoms with Gasteiger partial charge in [-0.3, -0.25) is 4.79 Å². The van der Waals surface area contributed by atoms with E-state index in [1.807, 2.05) is 30.4 Å². The first-order valence-corrected chi connectivity index (χ1v) is 20.4. The summed E-state index contributed by atoms with van der Waals surface area (Å²) >= 11 is 1.55. The SMILES string of the molecule is COc1ccc2c(c1)N=C(c1nc(C(C)C)cs1)CC2O[C@@H]1C[C@H]2C(=O)N[C@]3(C(O)NS(=O)(=O)C4CC4)C[C@H]3C=CCCCCN(C)C(=O)N2C1. The van der Waals surface area contributed by atoms with Crippen LogP contribution in [-0.4, -0.2) is 102 Å². The first-order valence-electron chi connectivity index (χ1n) is 17.9. The van der Waals surface area contributed by atoms with Crippen LogP contribution in [0.4, 0.5) is 10.5 Å². The molecule has 2 aromatic rings. The van der Waals surface area contributed by atoms with Gasteiger partial charge in [-0.25, -0.2) is 23.2 Å². The Morgan fingerprint density at radius 2 is 2.00 bits per heavy atom. The van der Waals surface area contributed by atoms with Crippen LogP contribution in [0, 0.1) is 5.92 Å². The average molecular weight is 741 g/mol. The second-order valence-electron chi connectivity index (χ2n) is 14.8. The number of carbonyl (C=O) groups is 2. The molecule has 4 heterocycles. The number of methoxy groups -OCH3 is 1. The maximum Gasteiger partial charge on any atom is 0.320 e. The maximum atomic E-state index is 14.2. The zero-order chi connectivity index (χ0) is 36.1. The van der Waals surface area contributed by atoms with Crippen molar-refractivity contribution in [3.8, 4) is 5.75 Å². The molecular formula is C36H48N6O7S2. The molecule has 3 amide bonds. The summed E-state index contributed by atoms with van der Waals surface area (Å²) in [5, 5.41) is 16.7. The van der Waals surface area contributed by atoms with Crippen molar-refractivity contribution in [1.29, 1.82) is 0 Å². The highest BCUT2D eigenvalue weighted by atomic mass is 32.2. The van der Waals surface area contributed by atoms with E-state index >= 15 is 0 Å². The van der Waals surface area contributed by atoms with Crippen LogP contribution < -0.4 is 14.8 Å². The number of sulfonamides is 1. The highest BCUT2D eigenvalue weighted by Crippen LogP contribution is 2.48. The fourth-order valence-electron chi connectivity index (χ4n) is 7.33. The smallest absolute Gasteiger partial charge is 0.320 e. The zero-order valence-corrected chi connectivity index (χ0v) is 31.2. The Labute approximate surface area is 303 Å². The average Bonchev–Trinajstić information content (AvgIpc) is 3.98. The molecule has 2 unspecified atom stereocenters. The van der Waals surface area contributed by atoms with Gasteiger partial charge in [-0.2, -0.15) is 4.72 Å². The second kappa shape index (κ2) is 14.2. The van der Waals surface area contributed by atoms with Gasteiger partial charge in [0.05, 0.1) is 47.2 Å². The molecule has 2 aliphatic carbocycles. The molecule has 0 bridgehead atoms. The predicted molar refractivity (Wildman–Crippen MR) is 194 cm³/mol. The molecule has 13 nitrogen and oxygen atoms in total. The molecule has 15 heteroatoms. The van der Waals surface area contributed by atoms with Crippen molar-refractivity contribution in [3.05, 3.63) is 52.0 Å². The van der Waals surface area contributed by atoms with Crippen LogP contribution in [0.15, 0.2) is 40.7 Å². The lowest BCUT2D eigenvalue weighted by atomic mass is 9.97. The van der Waals surface area contributed by atoms with E-state index in [-0.39, 0.29) is 30.8 Å². The van der Waals surface area contributed by atoms with Gasteiger partial charge in [0, 0.05) is 55.9 Å². The van der Waals surface area contributed by atoms with Crippen LogP contribution in [0.3, 0.4) is 0 Å². The Morgan fingerprint density at radius 3 is 2.73 bits per heavy atom. The quantitative estimate of drug-likeness (QED) is 0.252. The number of hydrogen-bond acceptors (Lipinski definition) is 10. The molecular weight excluding hydrogens is 693 g/mol. The Kier molecular flexibility index (Phi) is 10.0. The Bertz CT molecular complexity index is 1820. The summed E-state index contributed by atoms with van der Waals surface area (Å²) in [6.45, 7) is 4.95. The van der Waals surface area contributed by atoms with Crippen LogP contribution >= 0.6 is 11.3 Å². The van der Waals surface area contributed by atoms with Gasteiger partial charge in [-0.15, -0.1) is 11.3 Å². The number of ether oxygens (including phenoxy) is 2. The number of allylic oxidation sites excluding steroid dienone is 1. The molecule has 1 aromatic carbocycles. The third-order valence-electron chi connectivity index (χ3n) is 10.7. The third-order valence-corrected chi connectivity index (χ3v) is 13.5. The maximum absolute atomic E-state index is 14.2. The van der Waals surface area contributed by atoms with Crippen LogP contribution in [0.5, 0.6) is 5.75 Å². The summed E-state index contributed by atoms with van der Waals surface area (Å²) in [5.41, 5.74) is 2.21. The Hall–Kier alpha value is -3.37. The molecule has 276 valence electrons. The van der Waals surface area contributed by atoms with E-state index in [0.717, 1.165) is 46.9 Å². The molecule has 3 aliphatic heterocycles. The highest BCUT2D eigenvalue weighted by Gasteiger charge is 2.61. The lowest BCUT2D eigenvalue weighted by molar-refractivity contribution is -0.127. The first-order chi connectivity index (χ1) is 24.4. The molecule has 6 atom stereocenters. The van der Waals surface area contributed by atoms with E-state index in [0.29, 0.717) is 38.0 Å². The summed E-state index contributed by atoms with van der Waals surface area (Å²) in [4.78, 5) is 41.2. The number of aliphatic imine (C=N–C) groups is 1. The van der Waals surface area contributed by atoms with Crippen molar-refractivity contribution in [3.63, 3.8) is 0 Å². The zero-order valence-electron chi connectivity index (χ0n) is 29.6. The van der Waals surface area contributed by atoms with E-state index < -0.39 is 51.2 Å². The monoisotopic (exact) mass is 740 g/mol. The van der Waals surface area contributed by atoms with Gasteiger partial charge in [0.25, 0.3) is 0 Å². The van der Waals surface area contributed by atoms with E-state index in [9.17, 15) is 23.1 Å². The number of benzene rings is 1. The standard InChI is InChI=1S/C36H48N6O7S2/c1-21(2)29-20-50-33(38-29)28-17-31(26-13-10-23(48-4)15-27(26)37-28)49-24-16-30-32(43)39-36(34(44)40-51(46,47)25-11-12-25)18-22(36)9-7-5-6-8-14-41(3)35(45)42(30)19-24/h7,9-10,13,15,20-22,24-25,30-31,34,40,44H,5-6,8,11-12,14,16-19H2,1-4H3,(H,39,43)/t22-,24-,30+,31?,34?,36-/m1/s1. The molecule has 0 spiro atoms. The number of thiazole rings is 1. The molecule has 2 saturated carbocycles. The highest BCUT2D eigenvalue weighted by molar-refractivity contribution is 7.90. The molecule has 3 fully saturated rings. The Balaban J connectivity index is 1.15. The van der Waals surface area contributed by atoms with Gasteiger partial charge in [-0.1, -0.05) is 32.1 Å². The van der Waals surface area contributed by atoms with Crippen LogP contribution in [0.1, 0.15) is 93.5 Å². The fraction of sp³-hybridized carbons (Fsp3) is 0.611. The summed E-state index contributed by atoms with van der Waals surface area (Å²) in [5.74, 6) is 0.253.